The SMILES string of the molecule is C1=CN2Cc3ccsc3N=C2S1. The Morgan fingerprint density at radius 3 is 3.50 bits per heavy atom. The molecule has 0 atom stereocenters. The van der Waals surface area contributed by atoms with Gasteiger partial charge in [0.15, 0.2) is 5.17 Å². The first-order valence-corrected chi connectivity index (χ1v) is 5.44. The number of thioether (sulfide) groups is 1. The monoisotopic (exact) mass is 194 g/mol. The lowest BCUT2D eigenvalue weighted by Gasteiger charge is -2.19. The molecule has 0 saturated heterocycles. The van der Waals surface area contributed by atoms with Gasteiger partial charge in [0.1, 0.15) is 5.00 Å². The summed E-state index contributed by atoms with van der Waals surface area (Å²) in [5.41, 5.74) is 1.34. The summed E-state index contributed by atoms with van der Waals surface area (Å²) in [7, 11) is 0. The van der Waals surface area contributed by atoms with Crippen LogP contribution in [0.15, 0.2) is 28.0 Å². The average molecular weight is 194 g/mol. The highest BCUT2D eigenvalue weighted by Crippen LogP contribution is 2.36. The van der Waals surface area contributed by atoms with Crippen molar-refractivity contribution in [1.29, 1.82) is 0 Å². The predicted octanol–water partition coefficient (Wildman–Crippen LogP) is 2.77. The summed E-state index contributed by atoms with van der Waals surface area (Å²) in [5.74, 6) is 0. The number of thiophene rings is 1. The maximum Gasteiger partial charge on any atom is 0.173 e. The summed E-state index contributed by atoms with van der Waals surface area (Å²) >= 11 is 3.41. The zero-order valence-electron chi connectivity index (χ0n) is 6.23. The number of nitrogens with zero attached hydrogens (tertiary/aromatic N) is 2. The highest BCUT2D eigenvalue weighted by Gasteiger charge is 2.21. The normalized spacial score (nSPS) is 19.0. The van der Waals surface area contributed by atoms with Crippen LogP contribution < -0.4 is 0 Å². The van der Waals surface area contributed by atoms with Crippen LogP contribution in [0.1, 0.15) is 5.56 Å². The van der Waals surface area contributed by atoms with E-state index in [2.05, 4.69) is 32.9 Å². The van der Waals surface area contributed by atoms with E-state index >= 15 is 0 Å². The highest BCUT2D eigenvalue weighted by molar-refractivity contribution is 8.16. The topological polar surface area (TPSA) is 15.6 Å². The molecule has 60 valence electrons. The second-order valence-electron chi connectivity index (χ2n) is 2.68. The number of amidine groups is 1. The van der Waals surface area contributed by atoms with Crippen molar-refractivity contribution in [3.63, 3.8) is 0 Å². The lowest BCUT2D eigenvalue weighted by atomic mass is 10.3. The van der Waals surface area contributed by atoms with E-state index in [1.807, 2.05) is 0 Å². The van der Waals surface area contributed by atoms with Gasteiger partial charge in [0, 0.05) is 11.8 Å². The lowest BCUT2D eigenvalue weighted by molar-refractivity contribution is 0.562. The minimum atomic E-state index is 0.987. The fraction of sp³-hybridized carbons (Fsp3) is 0.125. The molecule has 0 fully saturated rings. The van der Waals surface area contributed by atoms with E-state index < -0.39 is 0 Å². The molecule has 0 saturated carbocycles. The van der Waals surface area contributed by atoms with Crippen LogP contribution in [0.25, 0.3) is 0 Å². The molecule has 2 nitrogen and oxygen atoms in total. The number of rotatable bonds is 0. The Kier molecular flexibility index (Phi) is 1.33. The Morgan fingerprint density at radius 2 is 2.50 bits per heavy atom. The van der Waals surface area contributed by atoms with Crippen LogP contribution in [-0.4, -0.2) is 10.1 Å². The van der Waals surface area contributed by atoms with Crippen LogP contribution in [0, 0.1) is 0 Å². The molecule has 0 aromatic carbocycles. The molecule has 0 N–H and O–H groups in total. The van der Waals surface area contributed by atoms with Gasteiger partial charge in [-0.2, -0.15) is 0 Å². The molecule has 1 aromatic heterocycles. The molecule has 3 heterocycles. The van der Waals surface area contributed by atoms with Crippen molar-refractivity contribution < 1.29 is 0 Å². The van der Waals surface area contributed by atoms with Gasteiger partial charge < -0.3 is 4.90 Å². The fourth-order valence-corrected chi connectivity index (χ4v) is 2.90. The fourth-order valence-electron chi connectivity index (χ4n) is 1.32. The molecule has 0 bridgehead atoms. The van der Waals surface area contributed by atoms with Gasteiger partial charge in [-0.15, -0.1) is 11.3 Å². The molecule has 0 amide bonds. The third kappa shape index (κ3) is 0.850. The van der Waals surface area contributed by atoms with Crippen LogP contribution in [0.3, 0.4) is 0 Å². The Balaban J connectivity index is 2.13. The molecule has 0 unspecified atom stereocenters. The second kappa shape index (κ2) is 2.37. The van der Waals surface area contributed by atoms with Crippen LogP contribution in [-0.2, 0) is 6.54 Å². The molecule has 2 aliphatic rings. The van der Waals surface area contributed by atoms with Crippen LogP contribution >= 0.6 is 23.1 Å². The molecule has 4 heteroatoms. The first-order chi connectivity index (χ1) is 5.93. The minimum Gasteiger partial charge on any atom is -0.322 e. The van der Waals surface area contributed by atoms with Crippen molar-refractivity contribution in [2.24, 2.45) is 4.99 Å². The summed E-state index contributed by atoms with van der Waals surface area (Å²) in [6.07, 6.45) is 2.09. The molecular formula is C8H6N2S2. The third-order valence-electron chi connectivity index (χ3n) is 1.92. The summed E-state index contributed by atoms with van der Waals surface area (Å²) < 4.78 is 0. The van der Waals surface area contributed by atoms with Crippen LogP contribution in [0.2, 0.25) is 0 Å². The van der Waals surface area contributed by atoms with Crippen molar-refractivity contribution in [2.75, 3.05) is 0 Å². The Morgan fingerprint density at radius 1 is 1.50 bits per heavy atom. The van der Waals surface area contributed by atoms with Gasteiger partial charge in [0.05, 0.1) is 6.54 Å². The van der Waals surface area contributed by atoms with Crippen molar-refractivity contribution >= 4 is 33.3 Å². The number of fused-ring (bicyclic) bond motifs is 2. The van der Waals surface area contributed by atoms with E-state index in [1.165, 1.54) is 10.6 Å². The molecular weight excluding hydrogens is 188 g/mol. The van der Waals surface area contributed by atoms with Gasteiger partial charge >= 0.3 is 0 Å². The maximum absolute atomic E-state index is 4.53. The second-order valence-corrected chi connectivity index (χ2v) is 4.44. The molecule has 1 aromatic rings. The molecule has 0 radical (unpaired) electrons. The largest absolute Gasteiger partial charge is 0.322 e. The first-order valence-electron chi connectivity index (χ1n) is 3.68. The van der Waals surface area contributed by atoms with E-state index in [4.69, 9.17) is 0 Å². The van der Waals surface area contributed by atoms with Gasteiger partial charge in [-0.25, -0.2) is 4.99 Å². The van der Waals surface area contributed by atoms with E-state index in [0.717, 1.165) is 11.7 Å². The molecule has 12 heavy (non-hydrogen) atoms. The Labute approximate surface area is 78.6 Å². The number of hydrogen-bond acceptors (Lipinski definition) is 4. The summed E-state index contributed by atoms with van der Waals surface area (Å²) in [6, 6.07) is 2.15. The molecule has 2 aliphatic heterocycles. The summed E-state index contributed by atoms with van der Waals surface area (Å²) in [4.78, 5) is 6.71. The van der Waals surface area contributed by atoms with Gasteiger partial charge in [-0.3, -0.25) is 0 Å². The van der Waals surface area contributed by atoms with Crippen LogP contribution in [0.5, 0.6) is 0 Å². The zero-order chi connectivity index (χ0) is 7.97. The summed E-state index contributed by atoms with van der Waals surface area (Å²) in [5, 5.41) is 6.48. The predicted molar refractivity (Wildman–Crippen MR) is 53.7 cm³/mol. The van der Waals surface area contributed by atoms with Crippen molar-refractivity contribution in [3.05, 3.63) is 28.6 Å². The van der Waals surface area contributed by atoms with Crippen molar-refractivity contribution in [1.82, 2.24) is 4.90 Å². The Bertz CT molecular complexity index is 378. The number of aliphatic imine (C=N–C) groups is 1. The third-order valence-corrected chi connectivity index (χ3v) is 3.56. The first kappa shape index (κ1) is 6.74. The molecule has 0 aliphatic carbocycles. The number of hydrogen-bond donors (Lipinski definition) is 0. The summed E-state index contributed by atoms with van der Waals surface area (Å²) in [6.45, 7) is 0.987. The van der Waals surface area contributed by atoms with E-state index in [-0.39, 0.29) is 0 Å². The smallest absolute Gasteiger partial charge is 0.173 e. The minimum absolute atomic E-state index is 0.987. The van der Waals surface area contributed by atoms with E-state index in [0.29, 0.717) is 0 Å². The molecule has 0 spiro atoms. The Hall–Kier alpha value is -0.740. The van der Waals surface area contributed by atoms with Gasteiger partial charge in [0.2, 0.25) is 0 Å². The lowest BCUT2D eigenvalue weighted by Crippen LogP contribution is -2.21. The highest BCUT2D eigenvalue weighted by atomic mass is 32.2. The van der Waals surface area contributed by atoms with E-state index in [9.17, 15) is 0 Å². The van der Waals surface area contributed by atoms with E-state index in [1.54, 1.807) is 23.1 Å². The van der Waals surface area contributed by atoms with Gasteiger partial charge in [0.25, 0.3) is 0 Å². The van der Waals surface area contributed by atoms with Crippen molar-refractivity contribution in [2.45, 2.75) is 6.54 Å². The van der Waals surface area contributed by atoms with Crippen molar-refractivity contribution in [3.8, 4) is 0 Å². The standard InChI is InChI=1S/C8H6N2S2/c1-3-11-7-6(1)5-10-2-4-12-8(10)9-7/h1-4H,5H2. The van der Waals surface area contributed by atoms with Gasteiger partial charge in [-0.05, 0) is 16.9 Å². The maximum atomic E-state index is 4.53. The average Bonchev–Trinajstić information content (AvgIpc) is 2.64. The molecule has 3 rings (SSSR count). The van der Waals surface area contributed by atoms with Crippen LogP contribution in [0.4, 0.5) is 5.00 Å². The quantitative estimate of drug-likeness (QED) is 0.631. The zero-order valence-corrected chi connectivity index (χ0v) is 7.86. The van der Waals surface area contributed by atoms with Gasteiger partial charge in [-0.1, -0.05) is 11.8 Å².